The predicted octanol–water partition coefficient (Wildman–Crippen LogP) is 4.65. The molecular formula is C29H26N8O4. The zero-order chi connectivity index (χ0) is 28.6. The molecule has 0 aliphatic heterocycles. The quantitative estimate of drug-likeness (QED) is 0.0942. The van der Waals surface area contributed by atoms with Gasteiger partial charge >= 0.3 is 0 Å². The fourth-order valence-electron chi connectivity index (χ4n) is 3.91. The molecule has 0 saturated heterocycles. The number of ether oxygens (including phenoxy) is 1. The molecule has 0 aliphatic carbocycles. The predicted molar refractivity (Wildman–Crippen MR) is 156 cm³/mol. The molecular weight excluding hydrogens is 524 g/mol. The molecule has 12 heteroatoms. The van der Waals surface area contributed by atoms with Gasteiger partial charge in [0.2, 0.25) is 23.5 Å². The Labute approximate surface area is 235 Å². The first-order valence-corrected chi connectivity index (χ1v) is 12.4. The summed E-state index contributed by atoms with van der Waals surface area (Å²) in [5, 5.41) is 37.0. The molecule has 1 atom stereocenters. The van der Waals surface area contributed by atoms with Gasteiger partial charge in [-0.1, -0.05) is 42.5 Å². The van der Waals surface area contributed by atoms with Gasteiger partial charge in [-0.15, -0.1) is 0 Å². The maximum atomic E-state index is 11.4. The number of benzene rings is 4. The Kier molecular flexibility index (Phi) is 8.26. The van der Waals surface area contributed by atoms with Gasteiger partial charge in [0.25, 0.3) is 0 Å². The van der Waals surface area contributed by atoms with Gasteiger partial charge in [-0.25, -0.2) is 10.6 Å². The summed E-state index contributed by atoms with van der Waals surface area (Å²) >= 11 is 0. The first kappa shape index (κ1) is 27.0. The van der Waals surface area contributed by atoms with Gasteiger partial charge < -0.3 is 20.4 Å². The second-order valence-corrected chi connectivity index (χ2v) is 8.56. The van der Waals surface area contributed by atoms with Crippen LogP contribution in [0.15, 0.2) is 108 Å². The van der Waals surface area contributed by atoms with Crippen molar-refractivity contribution in [1.82, 2.24) is 15.0 Å². The zero-order valence-electron chi connectivity index (χ0n) is 21.8. The van der Waals surface area contributed by atoms with Crippen molar-refractivity contribution in [2.75, 3.05) is 22.8 Å². The number of phenols is 1. The summed E-state index contributed by atoms with van der Waals surface area (Å²) in [6.07, 6.45) is 1.29. The summed E-state index contributed by atoms with van der Waals surface area (Å²) in [6, 6.07) is 30.9. The topological polar surface area (TPSA) is 156 Å². The number of quaternary nitrogens is 1. The number of hydrogen-bond donors (Lipinski definition) is 5. The number of phenolic OH excluding ortho intramolecular Hbond substituents is 1. The van der Waals surface area contributed by atoms with Crippen molar-refractivity contribution in [3.8, 4) is 11.5 Å². The molecule has 12 nitrogen and oxygen atoms in total. The van der Waals surface area contributed by atoms with Crippen LogP contribution in [0.3, 0.4) is 0 Å². The molecule has 0 spiro atoms. The van der Waals surface area contributed by atoms with Gasteiger partial charge in [0.15, 0.2) is 5.75 Å². The van der Waals surface area contributed by atoms with Crippen LogP contribution in [0.2, 0.25) is 0 Å². The highest BCUT2D eigenvalue weighted by Crippen LogP contribution is 2.33. The number of aromatic hydroxyl groups is 1. The largest absolute Gasteiger partial charge is 0.595 e. The molecule has 0 amide bonds. The minimum atomic E-state index is -1.25. The van der Waals surface area contributed by atoms with Crippen molar-refractivity contribution < 1.29 is 20.3 Å². The van der Waals surface area contributed by atoms with Crippen LogP contribution >= 0.6 is 0 Å². The minimum absolute atomic E-state index is 0.105. The lowest BCUT2D eigenvalue weighted by molar-refractivity contribution is -0.991. The van der Waals surface area contributed by atoms with Crippen LogP contribution in [-0.2, 0) is 0 Å². The van der Waals surface area contributed by atoms with E-state index in [1.807, 2.05) is 89.8 Å². The lowest BCUT2D eigenvalue weighted by Crippen LogP contribution is -2.99. The van der Waals surface area contributed by atoms with Gasteiger partial charge in [0.1, 0.15) is 5.75 Å². The molecule has 41 heavy (non-hydrogen) atoms. The van der Waals surface area contributed by atoms with E-state index in [9.17, 15) is 15.5 Å². The van der Waals surface area contributed by atoms with Gasteiger partial charge in [-0.3, -0.25) is 4.90 Å². The number of anilines is 6. The summed E-state index contributed by atoms with van der Waals surface area (Å²) < 4.78 is 5.24. The lowest BCUT2D eigenvalue weighted by Gasteiger charge is -2.23. The molecule has 1 heterocycles. The molecule has 0 radical (unpaired) electrons. The zero-order valence-corrected chi connectivity index (χ0v) is 21.8. The number of para-hydroxylation sites is 3. The fourth-order valence-corrected chi connectivity index (χ4v) is 3.91. The average Bonchev–Trinajstić information content (AvgIpc) is 2.99. The second kappa shape index (κ2) is 12.5. The molecule has 1 aromatic heterocycles. The van der Waals surface area contributed by atoms with E-state index in [2.05, 4.69) is 25.8 Å². The van der Waals surface area contributed by atoms with Crippen LogP contribution in [0.5, 0.6) is 11.5 Å². The third-order valence-corrected chi connectivity index (χ3v) is 5.86. The van der Waals surface area contributed by atoms with Crippen LogP contribution in [0, 0.1) is 5.21 Å². The number of nitrogens with one attached hydrogen (secondary N) is 3. The minimum Gasteiger partial charge on any atom is -0.595 e. The highest BCUT2D eigenvalue weighted by Gasteiger charge is 2.18. The van der Waals surface area contributed by atoms with Gasteiger partial charge in [0.05, 0.1) is 13.3 Å². The van der Waals surface area contributed by atoms with Crippen LogP contribution in [0.4, 0.5) is 40.6 Å². The van der Waals surface area contributed by atoms with E-state index >= 15 is 0 Å². The molecule has 0 saturated carbocycles. The number of methoxy groups -OCH3 is 1. The SMILES string of the molecule is COc1ccc(Nc2nc(NN=Cc3cccc([NH+]([O-])O)c3O)nc(N(c3ccccc3)c3ccccc3)n2)cc1. The van der Waals surface area contributed by atoms with E-state index < -0.39 is 11.0 Å². The molecule has 0 bridgehead atoms. The Morgan fingerprint density at radius 2 is 1.46 bits per heavy atom. The highest BCUT2D eigenvalue weighted by atomic mass is 16.8. The summed E-state index contributed by atoms with van der Waals surface area (Å²) in [6.45, 7) is 0. The fraction of sp³-hybridized carbons (Fsp3) is 0.0345. The Balaban J connectivity index is 1.53. The molecule has 5 aromatic rings. The molecule has 0 aliphatic rings. The second-order valence-electron chi connectivity index (χ2n) is 8.56. The number of nitrogens with zero attached hydrogens (tertiary/aromatic N) is 5. The van der Waals surface area contributed by atoms with Crippen molar-refractivity contribution in [1.29, 1.82) is 0 Å². The molecule has 1 unspecified atom stereocenters. The lowest BCUT2D eigenvalue weighted by atomic mass is 10.2. The van der Waals surface area contributed by atoms with Crippen molar-refractivity contribution >= 4 is 46.8 Å². The smallest absolute Gasteiger partial charge is 0.250 e. The van der Waals surface area contributed by atoms with E-state index in [0.29, 0.717) is 11.7 Å². The van der Waals surface area contributed by atoms with Crippen molar-refractivity contribution in [3.05, 3.63) is 114 Å². The van der Waals surface area contributed by atoms with Gasteiger partial charge in [-0.05, 0) is 54.6 Å². The third-order valence-electron chi connectivity index (χ3n) is 5.86. The molecule has 4 aromatic carbocycles. The number of rotatable bonds is 10. The van der Waals surface area contributed by atoms with E-state index in [1.165, 1.54) is 24.4 Å². The Bertz CT molecular complexity index is 1580. The molecule has 206 valence electrons. The van der Waals surface area contributed by atoms with E-state index in [-0.39, 0.29) is 23.1 Å². The first-order chi connectivity index (χ1) is 20.0. The standard InChI is InChI=1S/C29H26N8O4/c1-41-24-17-15-21(16-18-24)31-27-32-28(35-30-19-20-9-8-14-25(26(20)38)37(39)40)34-29(33-27)36(22-10-4-2-5-11-22)23-12-6-3-7-13-23/h2-19,37-39H,1H3,(H2,31,32,33,34,35). The summed E-state index contributed by atoms with van der Waals surface area (Å²) in [7, 11) is 1.60. The summed E-state index contributed by atoms with van der Waals surface area (Å²) in [5.41, 5.74) is 5.12. The third kappa shape index (κ3) is 6.54. The van der Waals surface area contributed by atoms with Crippen molar-refractivity contribution in [2.45, 2.75) is 0 Å². The molecule has 0 fully saturated rings. The monoisotopic (exact) mass is 550 g/mol. The van der Waals surface area contributed by atoms with Gasteiger partial charge in [0, 0.05) is 28.7 Å². The maximum Gasteiger partial charge on any atom is 0.250 e. The Morgan fingerprint density at radius 1 is 0.829 bits per heavy atom. The van der Waals surface area contributed by atoms with E-state index in [1.54, 1.807) is 7.11 Å². The van der Waals surface area contributed by atoms with Crippen molar-refractivity contribution in [3.63, 3.8) is 0 Å². The summed E-state index contributed by atoms with van der Waals surface area (Å²) in [5.74, 6) is 0.960. The van der Waals surface area contributed by atoms with Crippen LogP contribution in [0.25, 0.3) is 0 Å². The van der Waals surface area contributed by atoms with Crippen molar-refractivity contribution in [2.24, 2.45) is 5.10 Å². The molecule has 5 rings (SSSR count). The highest BCUT2D eigenvalue weighted by molar-refractivity contribution is 5.86. The Hall–Kier alpha value is -5.56. The number of hydrazone groups is 1. The van der Waals surface area contributed by atoms with Crippen LogP contribution in [0.1, 0.15) is 5.56 Å². The normalized spacial score (nSPS) is 11.7. The van der Waals surface area contributed by atoms with E-state index in [4.69, 9.17) is 9.72 Å². The van der Waals surface area contributed by atoms with Crippen LogP contribution < -0.4 is 25.6 Å². The number of aromatic nitrogens is 3. The first-order valence-electron chi connectivity index (χ1n) is 12.4. The van der Waals surface area contributed by atoms with E-state index in [0.717, 1.165) is 17.1 Å². The van der Waals surface area contributed by atoms with Crippen LogP contribution in [-0.4, -0.2) is 38.6 Å². The summed E-state index contributed by atoms with van der Waals surface area (Å²) in [4.78, 5) is 15.7. The number of hydrogen-bond acceptors (Lipinski definition) is 11. The average molecular weight is 551 g/mol. The maximum absolute atomic E-state index is 11.4. The Morgan fingerprint density at radius 3 is 2.07 bits per heavy atom. The van der Waals surface area contributed by atoms with Gasteiger partial charge in [-0.2, -0.15) is 25.3 Å². The molecule has 5 N–H and O–H groups in total.